The number of aliphatic hydroxyl groups is 1. The molecule has 1 aliphatic rings. The van der Waals surface area contributed by atoms with Crippen LogP contribution in [0.1, 0.15) is 31.4 Å². The molecule has 0 bridgehead atoms. The number of aryl methyl sites for hydroxylation is 1. The van der Waals surface area contributed by atoms with Gasteiger partial charge in [-0.15, -0.1) is 0 Å². The first-order valence-electron chi connectivity index (χ1n) is 7.29. The van der Waals surface area contributed by atoms with Crippen LogP contribution in [-0.4, -0.2) is 39.5 Å². The molecule has 2 atom stereocenters. The Kier molecular flexibility index (Phi) is 4.69. The molecule has 0 heterocycles. The molecule has 0 fully saturated rings. The molecule has 1 aromatic rings. The number of rotatable bonds is 3. The molecule has 4 N–H and O–H groups in total. The summed E-state index contributed by atoms with van der Waals surface area (Å²) in [6, 6.07) is 0.809. The molecule has 0 saturated heterocycles. The highest BCUT2D eigenvalue weighted by molar-refractivity contribution is 5.76. The average Bonchev–Trinajstić information content (AvgIpc) is 2.43. The predicted octanol–water partition coefficient (Wildman–Crippen LogP) is 1.66. The van der Waals surface area contributed by atoms with Crippen LogP contribution in [0.4, 0.5) is 13.2 Å². The first-order chi connectivity index (χ1) is 10.9. The second-order valence-corrected chi connectivity index (χ2v) is 5.99. The highest BCUT2D eigenvalue weighted by Crippen LogP contribution is 2.42. The van der Waals surface area contributed by atoms with Crippen molar-refractivity contribution in [3.63, 3.8) is 0 Å². The van der Waals surface area contributed by atoms with Gasteiger partial charge in [0.05, 0.1) is 6.04 Å². The number of phenolic OH excluding ortho intramolecular Hbond substituents is 2. The summed E-state index contributed by atoms with van der Waals surface area (Å²) in [4.78, 5) is 11.3. The number of nitrogens with one attached hydrogen (secondary N) is 1. The van der Waals surface area contributed by atoms with E-state index >= 15 is 0 Å². The van der Waals surface area contributed by atoms with Crippen LogP contribution < -0.4 is 5.32 Å². The maximum Gasteiger partial charge on any atom is 0.491 e. The Labute approximate surface area is 135 Å². The normalized spacial score (nSPS) is 23.9. The minimum Gasteiger partial charge on any atom is -0.504 e. The predicted molar refractivity (Wildman–Crippen MR) is 76.2 cm³/mol. The van der Waals surface area contributed by atoms with Crippen molar-refractivity contribution in [2.45, 2.75) is 50.7 Å². The highest BCUT2D eigenvalue weighted by atomic mass is 19.4. The number of aromatic hydroxyl groups is 2. The third kappa shape index (κ3) is 3.41. The van der Waals surface area contributed by atoms with E-state index in [9.17, 15) is 33.3 Å². The number of phenols is 2. The first kappa shape index (κ1) is 18.3. The Morgan fingerprint density at radius 2 is 1.92 bits per heavy atom. The number of hydrogen-bond donors (Lipinski definition) is 4. The zero-order valence-corrected chi connectivity index (χ0v) is 13.0. The standard InChI is InChI=1S/C15H18F3NO5/c1-7(2)19-12-4-3-8-5-10(20)11(21)6-9(8)14(12,23)24-13(22)15(16,17)18/h5-7,12,19-21,23H,3-4H2,1-2H3. The summed E-state index contributed by atoms with van der Waals surface area (Å²) in [6.07, 6.45) is -4.81. The van der Waals surface area contributed by atoms with Crippen molar-refractivity contribution in [2.24, 2.45) is 0 Å². The van der Waals surface area contributed by atoms with Gasteiger partial charge in [0.2, 0.25) is 0 Å². The summed E-state index contributed by atoms with van der Waals surface area (Å²) in [6.45, 7) is 3.44. The Balaban J connectivity index is 2.52. The maximum absolute atomic E-state index is 12.6. The average molecular weight is 349 g/mol. The van der Waals surface area contributed by atoms with E-state index in [-0.39, 0.29) is 23.6 Å². The fourth-order valence-corrected chi connectivity index (χ4v) is 2.77. The van der Waals surface area contributed by atoms with E-state index in [0.29, 0.717) is 6.42 Å². The van der Waals surface area contributed by atoms with Crippen molar-refractivity contribution in [1.82, 2.24) is 5.32 Å². The third-order valence-corrected chi connectivity index (χ3v) is 3.78. The molecule has 2 unspecified atom stereocenters. The fraction of sp³-hybridized carbons (Fsp3) is 0.533. The quantitative estimate of drug-likeness (QED) is 0.376. The topological polar surface area (TPSA) is 99.0 Å². The number of benzene rings is 1. The molecule has 0 amide bonds. The number of carbonyl (C=O) groups is 1. The summed E-state index contributed by atoms with van der Waals surface area (Å²) in [7, 11) is 0. The number of carbonyl (C=O) groups excluding carboxylic acids is 1. The van der Waals surface area contributed by atoms with E-state index < -0.39 is 35.5 Å². The van der Waals surface area contributed by atoms with Crippen molar-refractivity contribution < 1.29 is 38.0 Å². The van der Waals surface area contributed by atoms with Crippen LogP contribution in [0, 0.1) is 0 Å². The molecule has 1 aliphatic carbocycles. The van der Waals surface area contributed by atoms with Gasteiger partial charge in [-0.1, -0.05) is 13.8 Å². The second kappa shape index (κ2) is 6.14. The van der Waals surface area contributed by atoms with Gasteiger partial charge in [-0.25, -0.2) is 4.79 Å². The molecule has 24 heavy (non-hydrogen) atoms. The molecule has 0 saturated carbocycles. The summed E-state index contributed by atoms with van der Waals surface area (Å²) >= 11 is 0. The van der Waals surface area contributed by atoms with E-state index in [1.165, 1.54) is 0 Å². The number of ether oxygens (including phenoxy) is 1. The van der Waals surface area contributed by atoms with Crippen molar-refractivity contribution >= 4 is 5.97 Å². The SMILES string of the molecule is CC(C)NC1CCc2cc(O)c(O)cc2C1(O)OC(=O)C(F)(F)F. The number of esters is 1. The molecule has 6 nitrogen and oxygen atoms in total. The molecular weight excluding hydrogens is 331 g/mol. The van der Waals surface area contributed by atoms with Gasteiger partial charge in [0.25, 0.3) is 5.79 Å². The van der Waals surface area contributed by atoms with Crippen LogP contribution in [0.3, 0.4) is 0 Å². The van der Waals surface area contributed by atoms with Crippen LogP contribution in [0.2, 0.25) is 0 Å². The van der Waals surface area contributed by atoms with E-state index in [1.54, 1.807) is 13.8 Å². The summed E-state index contributed by atoms with van der Waals surface area (Å²) in [5.74, 6) is -6.29. The smallest absolute Gasteiger partial charge is 0.491 e. The monoisotopic (exact) mass is 349 g/mol. The van der Waals surface area contributed by atoms with Gasteiger partial charge in [0.15, 0.2) is 11.5 Å². The summed E-state index contributed by atoms with van der Waals surface area (Å²) in [5.41, 5.74) is 0.0874. The Morgan fingerprint density at radius 3 is 2.46 bits per heavy atom. The molecule has 0 aliphatic heterocycles. The maximum atomic E-state index is 12.6. The highest BCUT2D eigenvalue weighted by Gasteiger charge is 2.52. The zero-order chi connectivity index (χ0) is 18.3. The molecular formula is C15H18F3NO5. The van der Waals surface area contributed by atoms with Crippen LogP contribution in [0.15, 0.2) is 12.1 Å². The molecule has 9 heteroatoms. The summed E-state index contributed by atoms with van der Waals surface area (Å²) in [5, 5.41) is 32.8. The lowest BCUT2D eigenvalue weighted by Gasteiger charge is -2.41. The number of hydrogen-bond acceptors (Lipinski definition) is 6. The largest absolute Gasteiger partial charge is 0.504 e. The van der Waals surface area contributed by atoms with Gasteiger partial charge < -0.3 is 25.4 Å². The van der Waals surface area contributed by atoms with Gasteiger partial charge in [-0.05, 0) is 30.5 Å². The minimum atomic E-state index is -5.28. The van der Waals surface area contributed by atoms with Crippen molar-refractivity contribution in [2.75, 3.05) is 0 Å². The molecule has 134 valence electrons. The number of alkyl halides is 3. The minimum absolute atomic E-state index is 0.164. The van der Waals surface area contributed by atoms with Gasteiger partial charge >= 0.3 is 12.1 Å². The van der Waals surface area contributed by atoms with Gasteiger partial charge in [-0.2, -0.15) is 13.2 Å². The molecule has 1 aromatic carbocycles. The first-order valence-corrected chi connectivity index (χ1v) is 7.29. The Morgan fingerprint density at radius 1 is 1.33 bits per heavy atom. The van der Waals surface area contributed by atoms with Crippen LogP contribution >= 0.6 is 0 Å². The molecule has 0 spiro atoms. The number of halogens is 3. The lowest BCUT2D eigenvalue weighted by Crippen LogP contribution is -2.56. The van der Waals surface area contributed by atoms with Crippen LogP contribution in [-0.2, 0) is 21.7 Å². The van der Waals surface area contributed by atoms with Crippen molar-refractivity contribution in [3.8, 4) is 11.5 Å². The molecule has 0 radical (unpaired) electrons. The van der Waals surface area contributed by atoms with E-state index in [4.69, 9.17) is 0 Å². The third-order valence-electron chi connectivity index (χ3n) is 3.78. The molecule has 0 aromatic heterocycles. The van der Waals surface area contributed by atoms with E-state index in [0.717, 1.165) is 12.1 Å². The zero-order valence-electron chi connectivity index (χ0n) is 13.0. The molecule has 2 rings (SSSR count). The fourth-order valence-electron chi connectivity index (χ4n) is 2.77. The van der Waals surface area contributed by atoms with E-state index in [2.05, 4.69) is 10.1 Å². The number of fused-ring (bicyclic) bond motifs is 1. The van der Waals surface area contributed by atoms with Crippen molar-refractivity contribution in [1.29, 1.82) is 0 Å². The lowest BCUT2D eigenvalue weighted by atomic mass is 9.82. The van der Waals surface area contributed by atoms with Crippen molar-refractivity contribution in [3.05, 3.63) is 23.3 Å². The summed E-state index contributed by atoms with van der Waals surface area (Å²) < 4.78 is 42.2. The van der Waals surface area contributed by atoms with Gasteiger partial charge in [0.1, 0.15) is 0 Å². The van der Waals surface area contributed by atoms with Gasteiger partial charge in [0, 0.05) is 11.6 Å². The Bertz CT molecular complexity index is 647. The lowest BCUT2D eigenvalue weighted by molar-refractivity contribution is -0.264. The van der Waals surface area contributed by atoms with E-state index in [1.807, 2.05) is 0 Å². The second-order valence-electron chi connectivity index (χ2n) is 5.99. The van der Waals surface area contributed by atoms with Gasteiger partial charge in [-0.3, -0.25) is 0 Å². The Hall–Kier alpha value is -2.00. The van der Waals surface area contributed by atoms with Crippen LogP contribution in [0.25, 0.3) is 0 Å². The van der Waals surface area contributed by atoms with Crippen LogP contribution in [0.5, 0.6) is 11.5 Å².